The molecule has 0 unspecified atom stereocenters. The van der Waals surface area contributed by atoms with Crippen molar-refractivity contribution in [3.05, 3.63) is 41.8 Å². The molecule has 9 nitrogen and oxygen atoms in total. The van der Waals surface area contributed by atoms with Crippen LogP contribution in [0.2, 0.25) is 0 Å². The summed E-state index contributed by atoms with van der Waals surface area (Å²) in [5.41, 5.74) is 0.484. The smallest absolute Gasteiger partial charge is 0.475 e. The average Bonchev–Trinajstić information content (AvgIpc) is 3.19. The minimum atomic E-state index is -5.08. The molecule has 31 heavy (non-hydrogen) atoms. The third-order valence-corrected chi connectivity index (χ3v) is 5.14. The van der Waals surface area contributed by atoms with Crippen LogP contribution in [0.1, 0.15) is 41.0 Å². The van der Waals surface area contributed by atoms with Crippen LogP contribution in [0, 0.1) is 12.8 Å². The molecule has 4 rings (SSSR count). The Kier molecular flexibility index (Phi) is 6.88. The van der Waals surface area contributed by atoms with Crippen molar-refractivity contribution in [2.24, 2.45) is 5.92 Å². The molecule has 0 radical (unpaired) electrons. The quantitative estimate of drug-likeness (QED) is 0.753. The molecule has 0 spiro atoms. The number of amides is 1. The number of nitrogens with zero attached hydrogens (tertiary/aromatic N) is 4. The Balaban J connectivity index is 0.000000339. The minimum absolute atomic E-state index is 0.0277. The van der Waals surface area contributed by atoms with Crippen molar-refractivity contribution in [3.63, 3.8) is 0 Å². The zero-order valence-electron chi connectivity index (χ0n) is 16.6. The molecule has 4 heterocycles. The van der Waals surface area contributed by atoms with Crippen LogP contribution < -0.4 is 0 Å². The summed E-state index contributed by atoms with van der Waals surface area (Å²) in [5.74, 6) is -1.15. The van der Waals surface area contributed by atoms with Crippen LogP contribution in [0.4, 0.5) is 13.2 Å². The van der Waals surface area contributed by atoms with E-state index in [1.165, 1.54) is 0 Å². The van der Waals surface area contributed by atoms with E-state index in [1.54, 1.807) is 12.3 Å². The van der Waals surface area contributed by atoms with E-state index in [1.807, 2.05) is 24.0 Å². The van der Waals surface area contributed by atoms with Gasteiger partial charge in [-0.05, 0) is 31.9 Å². The molecule has 12 heteroatoms. The van der Waals surface area contributed by atoms with E-state index in [9.17, 15) is 18.0 Å². The first-order valence-electron chi connectivity index (χ1n) is 9.59. The van der Waals surface area contributed by atoms with Gasteiger partial charge in [-0.1, -0.05) is 11.2 Å². The highest BCUT2D eigenvalue weighted by Gasteiger charge is 2.42. The van der Waals surface area contributed by atoms with Crippen molar-refractivity contribution in [1.29, 1.82) is 0 Å². The fraction of sp³-hybridized carbons (Fsp3) is 0.526. The summed E-state index contributed by atoms with van der Waals surface area (Å²) in [4.78, 5) is 32.0. The zero-order valence-corrected chi connectivity index (χ0v) is 16.6. The first kappa shape index (κ1) is 22.7. The van der Waals surface area contributed by atoms with Crippen molar-refractivity contribution >= 4 is 11.9 Å². The molecular weight excluding hydrogens is 421 g/mol. The van der Waals surface area contributed by atoms with Gasteiger partial charge in [0, 0.05) is 37.7 Å². The van der Waals surface area contributed by atoms with E-state index < -0.39 is 12.1 Å². The summed E-state index contributed by atoms with van der Waals surface area (Å²) in [7, 11) is 0. The number of carbonyl (C=O) groups is 2. The number of fused-ring (bicyclic) bond motifs is 1. The maximum atomic E-state index is 12.7. The van der Waals surface area contributed by atoms with Crippen molar-refractivity contribution in [2.45, 2.75) is 38.0 Å². The summed E-state index contributed by atoms with van der Waals surface area (Å²) in [6.07, 6.45) is -1.63. The number of carboxylic acid groups (broad SMARTS) is 1. The standard InChI is InChI=1S/C17H20N4O3.C2HF3O2/c1-11-19-16(24-20-11)12-6-9-23-15-5-8-21(10-13(12)15)17(22)14-4-2-3-7-18-14;3-2(4,5)1(6)7/h2-4,7,12-13,15H,5-6,8-10H2,1H3;(H,6,7)/t12-,13-,15-;/m1./s1. The van der Waals surface area contributed by atoms with Gasteiger partial charge in [-0.15, -0.1) is 0 Å². The fourth-order valence-electron chi connectivity index (χ4n) is 3.72. The van der Waals surface area contributed by atoms with Crippen LogP contribution in [0.25, 0.3) is 0 Å². The highest BCUT2D eigenvalue weighted by Crippen LogP contribution is 2.39. The van der Waals surface area contributed by atoms with Crippen molar-refractivity contribution < 1.29 is 37.1 Å². The van der Waals surface area contributed by atoms with Crippen LogP contribution in [0.5, 0.6) is 0 Å². The van der Waals surface area contributed by atoms with Crippen LogP contribution in [0.15, 0.2) is 28.9 Å². The fourth-order valence-corrected chi connectivity index (χ4v) is 3.72. The highest BCUT2D eigenvalue weighted by molar-refractivity contribution is 5.92. The number of aromatic nitrogens is 3. The Morgan fingerprint density at radius 2 is 2.00 bits per heavy atom. The lowest BCUT2D eigenvalue weighted by atomic mass is 9.79. The van der Waals surface area contributed by atoms with Crippen molar-refractivity contribution in [2.75, 3.05) is 19.7 Å². The molecule has 0 saturated carbocycles. The summed E-state index contributed by atoms with van der Waals surface area (Å²) < 4.78 is 43.1. The molecular formula is C19H21F3N4O5. The van der Waals surface area contributed by atoms with E-state index in [2.05, 4.69) is 15.1 Å². The molecule has 3 atom stereocenters. The highest BCUT2D eigenvalue weighted by atomic mass is 19.4. The summed E-state index contributed by atoms with van der Waals surface area (Å²) in [6, 6.07) is 5.40. The molecule has 2 aromatic rings. The van der Waals surface area contributed by atoms with Crippen LogP contribution in [-0.2, 0) is 9.53 Å². The minimum Gasteiger partial charge on any atom is -0.475 e. The van der Waals surface area contributed by atoms with Gasteiger partial charge >= 0.3 is 12.1 Å². The van der Waals surface area contributed by atoms with E-state index in [4.69, 9.17) is 19.2 Å². The number of rotatable bonds is 2. The number of aliphatic carboxylic acids is 1. The SMILES string of the molecule is Cc1noc([C@@H]2CCO[C@@H]3CCN(C(=O)c4ccccn4)C[C@@H]32)n1.O=C(O)C(F)(F)F. The molecule has 2 aromatic heterocycles. The number of likely N-dealkylation sites (tertiary alicyclic amines) is 1. The number of hydrogen-bond acceptors (Lipinski definition) is 7. The molecule has 1 N–H and O–H groups in total. The third kappa shape index (κ3) is 5.57. The lowest BCUT2D eigenvalue weighted by molar-refractivity contribution is -0.192. The predicted molar refractivity (Wildman–Crippen MR) is 98.1 cm³/mol. The van der Waals surface area contributed by atoms with Gasteiger partial charge < -0.3 is 19.3 Å². The zero-order chi connectivity index (χ0) is 22.6. The number of pyridine rings is 1. The second-order valence-electron chi connectivity index (χ2n) is 7.21. The summed E-state index contributed by atoms with van der Waals surface area (Å²) >= 11 is 0. The molecule has 168 valence electrons. The third-order valence-electron chi connectivity index (χ3n) is 5.14. The molecule has 2 fully saturated rings. The number of piperidine rings is 1. The topological polar surface area (TPSA) is 119 Å². The molecule has 2 saturated heterocycles. The Hall–Kier alpha value is -3.02. The monoisotopic (exact) mass is 442 g/mol. The second kappa shape index (κ2) is 9.41. The van der Waals surface area contributed by atoms with Crippen LogP contribution in [-0.4, -0.2) is 69.0 Å². The van der Waals surface area contributed by atoms with Gasteiger partial charge in [-0.2, -0.15) is 18.2 Å². The van der Waals surface area contributed by atoms with Gasteiger partial charge in [-0.3, -0.25) is 9.78 Å². The number of carboxylic acids is 1. The Morgan fingerprint density at radius 1 is 1.26 bits per heavy atom. The van der Waals surface area contributed by atoms with E-state index in [0.29, 0.717) is 37.1 Å². The summed E-state index contributed by atoms with van der Waals surface area (Å²) in [5, 5.41) is 11.0. The van der Waals surface area contributed by atoms with Gasteiger partial charge in [0.25, 0.3) is 5.91 Å². The van der Waals surface area contributed by atoms with E-state index in [0.717, 1.165) is 12.8 Å². The van der Waals surface area contributed by atoms with Gasteiger partial charge in [0.1, 0.15) is 5.69 Å². The first-order chi connectivity index (χ1) is 14.7. The molecule has 2 aliphatic rings. The first-order valence-corrected chi connectivity index (χ1v) is 9.59. The predicted octanol–water partition coefficient (Wildman–Crippen LogP) is 2.44. The Labute approximate surface area is 175 Å². The number of carbonyl (C=O) groups excluding carboxylic acids is 1. The molecule has 2 aliphatic heterocycles. The molecule has 1 amide bonds. The number of aryl methyl sites for hydroxylation is 1. The Bertz CT molecular complexity index is 905. The second-order valence-corrected chi connectivity index (χ2v) is 7.21. The van der Waals surface area contributed by atoms with E-state index in [-0.39, 0.29) is 23.8 Å². The maximum absolute atomic E-state index is 12.7. The van der Waals surface area contributed by atoms with Crippen molar-refractivity contribution in [1.82, 2.24) is 20.0 Å². The lowest BCUT2D eigenvalue weighted by Crippen LogP contribution is -2.51. The number of ether oxygens (including phenoxy) is 1. The van der Waals surface area contributed by atoms with Gasteiger partial charge in [0.15, 0.2) is 5.82 Å². The number of halogens is 3. The van der Waals surface area contributed by atoms with Gasteiger partial charge in [-0.25, -0.2) is 4.79 Å². The van der Waals surface area contributed by atoms with Crippen LogP contribution in [0.3, 0.4) is 0 Å². The average molecular weight is 442 g/mol. The number of hydrogen-bond donors (Lipinski definition) is 1. The van der Waals surface area contributed by atoms with E-state index >= 15 is 0 Å². The van der Waals surface area contributed by atoms with Gasteiger partial charge in [0.05, 0.1) is 6.10 Å². The lowest BCUT2D eigenvalue weighted by Gasteiger charge is -2.43. The molecule has 0 aromatic carbocycles. The van der Waals surface area contributed by atoms with Gasteiger partial charge in [0.2, 0.25) is 5.89 Å². The maximum Gasteiger partial charge on any atom is 0.490 e. The Morgan fingerprint density at radius 3 is 2.58 bits per heavy atom. The number of alkyl halides is 3. The van der Waals surface area contributed by atoms with Crippen LogP contribution >= 0.6 is 0 Å². The normalized spacial score (nSPS) is 23.4. The van der Waals surface area contributed by atoms with Crippen molar-refractivity contribution in [3.8, 4) is 0 Å². The summed E-state index contributed by atoms with van der Waals surface area (Å²) in [6.45, 7) is 3.83. The molecule has 0 aliphatic carbocycles. The largest absolute Gasteiger partial charge is 0.490 e. The molecule has 0 bridgehead atoms.